The Kier molecular flexibility index (Phi) is 5.49. The van der Waals surface area contributed by atoms with Crippen LogP contribution < -0.4 is 10.6 Å². The third-order valence-corrected chi connectivity index (χ3v) is 4.91. The van der Waals surface area contributed by atoms with Crippen LogP contribution in [0.1, 0.15) is 57.8 Å². The predicted molar refractivity (Wildman–Crippen MR) is 78.3 cm³/mol. The van der Waals surface area contributed by atoms with Crippen LogP contribution in [0.5, 0.6) is 0 Å². The summed E-state index contributed by atoms with van der Waals surface area (Å²) in [7, 11) is 3.99. The highest BCUT2D eigenvalue weighted by molar-refractivity contribution is 5.74. The zero-order valence-electron chi connectivity index (χ0n) is 12.5. The van der Waals surface area contributed by atoms with Crippen molar-refractivity contribution in [1.29, 1.82) is 0 Å². The molecule has 0 radical (unpaired) electrons. The number of hydrogen-bond acceptors (Lipinski definition) is 2. The van der Waals surface area contributed by atoms with E-state index in [1.54, 1.807) is 0 Å². The van der Waals surface area contributed by atoms with Crippen molar-refractivity contribution in [2.24, 2.45) is 0 Å². The van der Waals surface area contributed by atoms with Crippen LogP contribution in [-0.2, 0) is 0 Å². The fraction of sp³-hybridized carbons (Fsp3) is 0.933. The number of nitrogens with one attached hydrogen (secondary N) is 2. The van der Waals surface area contributed by atoms with Gasteiger partial charge in [-0.05, 0) is 45.6 Å². The average Bonchev–Trinajstić information content (AvgIpc) is 2.47. The lowest BCUT2D eigenvalue weighted by Crippen LogP contribution is -2.49. The molecule has 110 valence electrons. The van der Waals surface area contributed by atoms with Gasteiger partial charge < -0.3 is 15.5 Å². The highest BCUT2D eigenvalue weighted by Gasteiger charge is 2.27. The van der Waals surface area contributed by atoms with Crippen molar-refractivity contribution >= 4 is 6.03 Å². The fourth-order valence-electron chi connectivity index (χ4n) is 3.44. The SMILES string of the molecule is CNC1CCC(N(C)C(=O)NC2CCCCC2)CC1. The molecule has 2 fully saturated rings. The Morgan fingerprint density at radius 1 is 0.947 bits per heavy atom. The van der Waals surface area contributed by atoms with Gasteiger partial charge in [-0.2, -0.15) is 0 Å². The molecule has 0 unspecified atom stereocenters. The Morgan fingerprint density at radius 3 is 2.16 bits per heavy atom. The molecule has 4 nitrogen and oxygen atoms in total. The second kappa shape index (κ2) is 7.13. The lowest BCUT2D eigenvalue weighted by atomic mass is 9.90. The van der Waals surface area contributed by atoms with Gasteiger partial charge in [0.25, 0.3) is 0 Å². The monoisotopic (exact) mass is 267 g/mol. The van der Waals surface area contributed by atoms with Crippen LogP contribution >= 0.6 is 0 Å². The molecule has 0 bridgehead atoms. The topological polar surface area (TPSA) is 44.4 Å². The molecule has 0 heterocycles. The summed E-state index contributed by atoms with van der Waals surface area (Å²) in [6, 6.07) is 1.62. The van der Waals surface area contributed by atoms with E-state index in [4.69, 9.17) is 0 Å². The van der Waals surface area contributed by atoms with Crippen molar-refractivity contribution in [2.45, 2.75) is 75.9 Å². The zero-order valence-corrected chi connectivity index (χ0v) is 12.5. The third-order valence-electron chi connectivity index (χ3n) is 4.91. The first-order chi connectivity index (χ1) is 9.20. The normalized spacial score (nSPS) is 28.9. The summed E-state index contributed by atoms with van der Waals surface area (Å²) in [6.07, 6.45) is 10.8. The van der Waals surface area contributed by atoms with Crippen LogP contribution in [-0.4, -0.2) is 43.2 Å². The van der Waals surface area contributed by atoms with Crippen LogP contribution in [0.15, 0.2) is 0 Å². The molecule has 0 aromatic heterocycles. The van der Waals surface area contributed by atoms with E-state index in [1.165, 1.54) is 32.1 Å². The molecule has 2 N–H and O–H groups in total. The Labute approximate surface area is 117 Å². The molecule has 0 spiro atoms. The van der Waals surface area contributed by atoms with Gasteiger partial charge in [0.2, 0.25) is 0 Å². The van der Waals surface area contributed by atoms with Crippen molar-refractivity contribution in [2.75, 3.05) is 14.1 Å². The molecule has 2 aliphatic carbocycles. The van der Waals surface area contributed by atoms with Crippen LogP contribution in [0.25, 0.3) is 0 Å². The summed E-state index contributed by atoms with van der Waals surface area (Å²) in [5.74, 6) is 0. The average molecular weight is 267 g/mol. The van der Waals surface area contributed by atoms with Crippen LogP contribution in [0, 0.1) is 0 Å². The lowest BCUT2D eigenvalue weighted by Gasteiger charge is -2.35. The van der Waals surface area contributed by atoms with Crippen molar-refractivity contribution in [3.63, 3.8) is 0 Å². The number of urea groups is 1. The van der Waals surface area contributed by atoms with Gasteiger partial charge in [0.1, 0.15) is 0 Å². The minimum Gasteiger partial charge on any atom is -0.335 e. The van der Waals surface area contributed by atoms with Crippen LogP contribution in [0.4, 0.5) is 4.79 Å². The molecule has 2 rings (SSSR count). The highest BCUT2D eigenvalue weighted by atomic mass is 16.2. The van der Waals surface area contributed by atoms with E-state index in [2.05, 4.69) is 10.6 Å². The molecule has 2 aliphatic rings. The van der Waals surface area contributed by atoms with E-state index >= 15 is 0 Å². The number of amides is 2. The van der Waals surface area contributed by atoms with Gasteiger partial charge in [-0.3, -0.25) is 0 Å². The van der Waals surface area contributed by atoms with Gasteiger partial charge in [0.15, 0.2) is 0 Å². The number of nitrogens with zero attached hydrogens (tertiary/aromatic N) is 1. The van der Waals surface area contributed by atoms with Gasteiger partial charge in [0, 0.05) is 25.2 Å². The van der Waals surface area contributed by atoms with E-state index < -0.39 is 0 Å². The molecule has 0 aromatic carbocycles. The third kappa shape index (κ3) is 4.10. The van der Waals surface area contributed by atoms with Gasteiger partial charge in [0.05, 0.1) is 0 Å². The summed E-state index contributed by atoms with van der Waals surface area (Å²) < 4.78 is 0. The smallest absolute Gasteiger partial charge is 0.317 e. The fourth-order valence-corrected chi connectivity index (χ4v) is 3.44. The van der Waals surface area contributed by atoms with E-state index in [0.29, 0.717) is 18.1 Å². The van der Waals surface area contributed by atoms with E-state index in [0.717, 1.165) is 25.7 Å². The summed E-state index contributed by atoms with van der Waals surface area (Å²) in [6.45, 7) is 0. The molecule has 0 aromatic rings. The second-order valence-corrected chi connectivity index (χ2v) is 6.19. The summed E-state index contributed by atoms with van der Waals surface area (Å²) >= 11 is 0. The zero-order chi connectivity index (χ0) is 13.7. The first-order valence-electron chi connectivity index (χ1n) is 7.91. The first kappa shape index (κ1) is 14.6. The maximum absolute atomic E-state index is 12.3. The van der Waals surface area contributed by atoms with E-state index in [1.807, 2.05) is 19.0 Å². The molecule has 0 saturated heterocycles. The Bertz CT molecular complexity index is 281. The molecule has 2 saturated carbocycles. The number of rotatable bonds is 3. The van der Waals surface area contributed by atoms with Gasteiger partial charge in [-0.1, -0.05) is 19.3 Å². The maximum Gasteiger partial charge on any atom is 0.317 e. The van der Waals surface area contributed by atoms with Crippen molar-refractivity contribution in [3.8, 4) is 0 Å². The summed E-state index contributed by atoms with van der Waals surface area (Å²) in [5.41, 5.74) is 0. The maximum atomic E-state index is 12.3. The van der Waals surface area contributed by atoms with E-state index in [9.17, 15) is 4.79 Å². The molecule has 4 heteroatoms. The van der Waals surface area contributed by atoms with Gasteiger partial charge in [-0.15, -0.1) is 0 Å². The van der Waals surface area contributed by atoms with Crippen LogP contribution in [0.2, 0.25) is 0 Å². The summed E-state index contributed by atoms with van der Waals surface area (Å²) in [5, 5.41) is 6.55. The molecule has 19 heavy (non-hydrogen) atoms. The molecular weight excluding hydrogens is 238 g/mol. The highest BCUT2D eigenvalue weighted by Crippen LogP contribution is 2.23. The standard InChI is InChI=1S/C15H29N3O/c1-16-12-8-10-14(11-9-12)18(2)15(19)17-13-6-4-3-5-7-13/h12-14,16H,3-11H2,1-2H3,(H,17,19). The quantitative estimate of drug-likeness (QED) is 0.825. The van der Waals surface area contributed by atoms with Gasteiger partial charge in [-0.25, -0.2) is 4.79 Å². The van der Waals surface area contributed by atoms with Crippen molar-refractivity contribution < 1.29 is 4.79 Å². The minimum atomic E-state index is 0.139. The molecule has 0 aliphatic heterocycles. The first-order valence-corrected chi connectivity index (χ1v) is 7.91. The number of hydrogen-bond donors (Lipinski definition) is 2. The van der Waals surface area contributed by atoms with Crippen molar-refractivity contribution in [1.82, 2.24) is 15.5 Å². The second-order valence-electron chi connectivity index (χ2n) is 6.19. The summed E-state index contributed by atoms with van der Waals surface area (Å²) in [4.78, 5) is 14.2. The van der Waals surface area contributed by atoms with Crippen LogP contribution in [0.3, 0.4) is 0 Å². The number of carbonyl (C=O) groups is 1. The predicted octanol–water partition coefficient (Wildman–Crippen LogP) is 2.49. The van der Waals surface area contributed by atoms with Crippen molar-refractivity contribution in [3.05, 3.63) is 0 Å². The largest absolute Gasteiger partial charge is 0.335 e. The minimum absolute atomic E-state index is 0.139. The van der Waals surface area contributed by atoms with E-state index in [-0.39, 0.29) is 6.03 Å². The Morgan fingerprint density at radius 2 is 1.58 bits per heavy atom. The lowest BCUT2D eigenvalue weighted by molar-refractivity contribution is 0.161. The molecule has 2 amide bonds. The molecule has 0 atom stereocenters. The number of carbonyl (C=O) groups excluding carboxylic acids is 1. The molecular formula is C15H29N3O. The van der Waals surface area contributed by atoms with Gasteiger partial charge >= 0.3 is 6.03 Å². The Balaban J connectivity index is 1.75. The Hall–Kier alpha value is -0.770.